The minimum Gasteiger partial charge on any atom is -0.482 e. The number of aromatic nitrogens is 2. The topological polar surface area (TPSA) is 64.4 Å². The molecule has 0 aromatic carbocycles. The summed E-state index contributed by atoms with van der Waals surface area (Å²) < 4.78 is 5.48. The number of methoxy groups -OCH3 is 1. The maximum atomic E-state index is 11.9. The third kappa shape index (κ3) is 2.98. The normalized spacial score (nSPS) is 17.9. The average molecular weight is 270 g/mol. The zero-order chi connectivity index (χ0) is 13.1. The highest BCUT2D eigenvalue weighted by atomic mass is 32.1. The van der Waals surface area contributed by atoms with Crippen LogP contribution in [-0.4, -0.2) is 60.1 Å². The van der Waals surface area contributed by atoms with E-state index in [0.717, 1.165) is 26.2 Å². The molecule has 0 atom stereocenters. The molecule has 1 saturated heterocycles. The molecule has 7 heteroatoms. The molecule has 0 aliphatic carbocycles. The van der Waals surface area contributed by atoms with E-state index in [1.807, 2.05) is 0 Å². The molecule has 18 heavy (non-hydrogen) atoms. The lowest BCUT2D eigenvalue weighted by Crippen LogP contribution is -2.44. The van der Waals surface area contributed by atoms with Crippen LogP contribution in [0.25, 0.3) is 0 Å². The first-order valence-electron chi connectivity index (χ1n) is 5.90. The van der Waals surface area contributed by atoms with E-state index in [2.05, 4.69) is 26.8 Å². The number of hydrogen-bond donors (Lipinski definition) is 2. The van der Waals surface area contributed by atoms with Crippen LogP contribution in [0, 0.1) is 4.77 Å². The SMILES string of the molecule is COc1[nH]c(=S)[nH]c(=O)c1CN1CCN(C)CC1. The molecular weight excluding hydrogens is 252 g/mol. The van der Waals surface area contributed by atoms with Crippen LogP contribution in [0.1, 0.15) is 5.56 Å². The van der Waals surface area contributed by atoms with E-state index in [4.69, 9.17) is 17.0 Å². The smallest absolute Gasteiger partial charge is 0.260 e. The van der Waals surface area contributed by atoms with E-state index in [-0.39, 0.29) is 5.56 Å². The summed E-state index contributed by atoms with van der Waals surface area (Å²) in [5, 5.41) is 0. The van der Waals surface area contributed by atoms with Gasteiger partial charge in [-0.2, -0.15) is 0 Å². The molecule has 0 amide bonds. The zero-order valence-electron chi connectivity index (χ0n) is 10.7. The lowest BCUT2D eigenvalue weighted by Gasteiger charge is -2.32. The summed E-state index contributed by atoms with van der Waals surface area (Å²) in [7, 11) is 3.64. The summed E-state index contributed by atoms with van der Waals surface area (Å²) in [4.78, 5) is 21.9. The van der Waals surface area contributed by atoms with E-state index in [9.17, 15) is 4.79 Å². The molecular formula is C11H18N4O2S. The van der Waals surface area contributed by atoms with Crippen LogP contribution in [0.3, 0.4) is 0 Å². The van der Waals surface area contributed by atoms with Crippen molar-refractivity contribution in [3.8, 4) is 5.88 Å². The van der Waals surface area contributed by atoms with Crippen LogP contribution in [0.2, 0.25) is 0 Å². The average Bonchev–Trinajstić information content (AvgIpc) is 2.34. The predicted molar refractivity (Wildman–Crippen MR) is 71.6 cm³/mol. The maximum Gasteiger partial charge on any atom is 0.260 e. The molecule has 1 fully saturated rings. The van der Waals surface area contributed by atoms with Gasteiger partial charge in [-0.15, -0.1) is 0 Å². The summed E-state index contributed by atoms with van der Waals surface area (Å²) in [6, 6.07) is 0. The van der Waals surface area contributed by atoms with Crippen LogP contribution in [0.4, 0.5) is 0 Å². The van der Waals surface area contributed by atoms with Gasteiger partial charge in [0.05, 0.1) is 12.7 Å². The summed E-state index contributed by atoms with van der Waals surface area (Å²) in [5.74, 6) is 0.461. The Bertz CT molecular complexity index is 517. The lowest BCUT2D eigenvalue weighted by atomic mass is 10.2. The molecule has 1 aliphatic rings. The number of nitrogens with zero attached hydrogens (tertiary/aromatic N) is 2. The van der Waals surface area contributed by atoms with Gasteiger partial charge >= 0.3 is 0 Å². The Kier molecular flexibility index (Phi) is 4.15. The number of likely N-dealkylation sites (N-methyl/N-ethyl adjacent to an activating group) is 1. The molecule has 0 bridgehead atoms. The van der Waals surface area contributed by atoms with Crippen molar-refractivity contribution in [2.75, 3.05) is 40.3 Å². The van der Waals surface area contributed by atoms with E-state index in [1.54, 1.807) is 0 Å². The molecule has 0 unspecified atom stereocenters. The summed E-state index contributed by atoms with van der Waals surface area (Å²) in [6.45, 7) is 4.52. The summed E-state index contributed by atoms with van der Waals surface area (Å²) in [6.07, 6.45) is 0. The minimum atomic E-state index is -0.172. The van der Waals surface area contributed by atoms with Crippen LogP contribution in [-0.2, 0) is 6.54 Å². The van der Waals surface area contributed by atoms with Crippen molar-refractivity contribution in [2.24, 2.45) is 0 Å². The maximum absolute atomic E-state index is 11.9. The van der Waals surface area contributed by atoms with Crippen molar-refractivity contribution in [2.45, 2.75) is 6.54 Å². The first-order valence-corrected chi connectivity index (χ1v) is 6.31. The van der Waals surface area contributed by atoms with Gasteiger partial charge in [-0.25, -0.2) is 0 Å². The molecule has 2 heterocycles. The largest absolute Gasteiger partial charge is 0.482 e. The standard InChI is InChI=1S/C11H18N4O2S/c1-14-3-5-15(6-4-14)7-8-9(16)12-11(18)13-10(8)17-2/h3-7H2,1-2H3,(H2,12,13,16,18). The third-order valence-corrected chi connectivity index (χ3v) is 3.39. The van der Waals surface area contributed by atoms with Gasteiger partial charge in [0.2, 0.25) is 5.88 Å². The second kappa shape index (κ2) is 5.64. The quantitative estimate of drug-likeness (QED) is 0.768. The Morgan fingerprint density at radius 1 is 1.28 bits per heavy atom. The van der Waals surface area contributed by atoms with Gasteiger partial charge in [0.25, 0.3) is 5.56 Å². The molecule has 1 aromatic heterocycles. The fraction of sp³-hybridized carbons (Fsp3) is 0.636. The number of nitrogens with one attached hydrogen (secondary N) is 2. The van der Waals surface area contributed by atoms with Crippen molar-refractivity contribution < 1.29 is 4.74 Å². The van der Waals surface area contributed by atoms with Crippen molar-refractivity contribution >= 4 is 12.2 Å². The van der Waals surface area contributed by atoms with Crippen molar-refractivity contribution in [1.82, 2.24) is 19.8 Å². The molecule has 1 aliphatic heterocycles. The van der Waals surface area contributed by atoms with Gasteiger partial charge in [-0.3, -0.25) is 14.7 Å². The molecule has 0 saturated carbocycles. The molecule has 2 rings (SSSR count). The molecule has 0 radical (unpaired) electrons. The molecule has 0 spiro atoms. The lowest BCUT2D eigenvalue weighted by molar-refractivity contribution is 0.146. The van der Waals surface area contributed by atoms with Gasteiger partial charge in [-0.05, 0) is 19.3 Å². The van der Waals surface area contributed by atoms with E-state index in [1.165, 1.54) is 7.11 Å². The summed E-state index contributed by atoms with van der Waals surface area (Å²) in [5.41, 5.74) is 0.435. The molecule has 6 nitrogen and oxygen atoms in total. The Labute approximate surface area is 111 Å². The number of H-pyrrole nitrogens is 2. The molecule has 100 valence electrons. The van der Waals surface area contributed by atoms with Crippen LogP contribution < -0.4 is 10.3 Å². The fourth-order valence-corrected chi connectivity index (χ4v) is 2.22. The predicted octanol–water partition coefficient (Wildman–Crippen LogP) is 0.188. The third-order valence-electron chi connectivity index (χ3n) is 3.18. The molecule has 2 N–H and O–H groups in total. The van der Waals surface area contributed by atoms with Crippen LogP contribution in [0.15, 0.2) is 4.79 Å². The number of rotatable bonds is 3. The highest BCUT2D eigenvalue weighted by Crippen LogP contribution is 2.13. The number of piperazine rings is 1. The monoisotopic (exact) mass is 270 g/mol. The van der Waals surface area contributed by atoms with Crippen molar-refractivity contribution in [3.63, 3.8) is 0 Å². The minimum absolute atomic E-state index is 0.172. The number of aromatic amines is 2. The van der Waals surface area contributed by atoms with Crippen molar-refractivity contribution in [1.29, 1.82) is 0 Å². The van der Waals surface area contributed by atoms with Gasteiger partial charge in [0.1, 0.15) is 0 Å². The Morgan fingerprint density at radius 2 is 1.94 bits per heavy atom. The van der Waals surface area contributed by atoms with Crippen LogP contribution in [0.5, 0.6) is 5.88 Å². The van der Waals surface area contributed by atoms with Gasteiger partial charge < -0.3 is 14.6 Å². The Morgan fingerprint density at radius 3 is 2.56 bits per heavy atom. The van der Waals surface area contributed by atoms with Crippen molar-refractivity contribution in [3.05, 3.63) is 20.7 Å². The van der Waals surface area contributed by atoms with Gasteiger partial charge in [-0.1, -0.05) is 0 Å². The zero-order valence-corrected chi connectivity index (χ0v) is 11.5. The first kappa shape index (κ1) is 13.3. The van der Waals surface area contributed by atoms with Gasteiger partial charge in [0.15, 0.2) is 4.77 Å². The Balaban J connectivity index is 2.18. The fourth-order valence-electron chi connectivity index (χ4n) is 2.04. The second-order valence-corrected chi connectivity index (χ2v) is 4.91. The summed E-state index contributed by atoms with van der Waals surface area (Å²) >= 11 is 4.92. The van der Waals surface area contributed by atoms with Crippen LogP contribution >= 0.6 is 12.2 Å². The van der Waals surface area contributed by atoms with Gasteiger partial charge in [0, 0.05) is 32.7 Å². The first-order chi connectivity index (χ1) is 8.60. The number of hydrogen-bond acceptors (Lipinski definition) is 5. The highest BCUT2D eigenvalue weighted by Gasteiger charge is 2.18. The van der Waals surface area contributed by atoms with E-state index < -0.39 is 0 Å². The van der Waals surface area contributed by atoms with E-state index in [0.29, 0.717) is 22.8 Å². The molecule has 1 aromatic rings. The highest BCUT2D eigenvalue weighted by molar-refractivity contribution is 7.71. The second-order valence-electron chi connectivity index (χ2n) is 4.50. The van der Waals surface area contributed by atoms with E-state index >= 15 is 0 Å². The Hall–Kier alpha value is -1.18. The number of ether oxygens (including phenoxy) is 1.